The van der Waals surface area contributed by atoms with Crippen LogP contribution in [0.5, 0.6) is 0 Å². The fraction of sp³-hybridized carbons (Fsp3) is 0.182. The molecule has 13 heavy (non-hydrogen) atoms. The minimum absolute atomic E-state index is 0.700. The van der Waals surface area contributed by atoms with E-state index in [9.17, 15) is 4.79 Å². The molecule has 68 valence electrons. The highest BCUT2D eigenvalue weighted by atomic mass is 16.1. The Labute approximate surface area is 78.5 Å². The summed E-state index contributed by atoms with van der Waals surface area (Å²) in [5, 5.41) is 0. The maximum atomic E-state index is 10.7. The summed E-state index contributed by atoms with van der Waals surface area (Å²) in [6.07, 6.45) is 2.68. The van der Waals surface area contributed by atoms with E-state index < -0.39 is 0 Å². The van der Waals surface area contributed by atoms with Crippen LogP contribution in [0.1, 0.15) is 5.56 Å². The van der Waals surface area contributed by atoms with Crippen LogP contribution in [0.15, 0.2) is 36.5 Å². The predicted octanol–water partition coefficient (Wildman–Crippen LogP) is 1.79. The third kappa shape index (κ3) is 2.75. The van der Waals surface area contributed by atoms with Crippen LogP contribution in [0, 0.1) is 0 Å². The first kappa shape index (κ1) is 9.52. The van der Waals surface area contributed by atoms with Crippen molar-refractivity contribution < 1.29 is 4.79 Å². The van der Waals surface area contributed by atoms with Crippen molar-refractivity contribution in [1.82, 2.24) is 4.90 Å². The molecule has 0 spiro atoms. The Hall–Kier alpha value is -1.57. The smallest absolute Gasteiger partial charge is 0.152 e. The van der Waals surface area contributed by atoms with Crippen LogP contribution in [0.3, 0.4) is 0 Å². The molecule has 0 amide bonds. The van der Waals surface area contributed by atoms with Gasteiger partial charge in [-0.15, -0.1) is 0 Å². The normalized spacial score (nSPS) is 11.1. The maximum absolute atomic E-state index is 10.7. The quantitative estimate of drug-likeness (QED) is 0.515. The van der Waals surface area contributed by atoms with E-state index in [1.165, 1.54) is 0 Å². The van der Waals surface area contributed by atoms with Gasteiger partial charge in [0, 0.05) is 25.9 Å². The monoisotopic (exact) mass is 175 g/mol. The number of nitrogens with zero attached hydrogens (tertiary/aromatic N) is 1. The minimum atomic E-state index is 0.700. The fourth-order valence-electron chi connectivity index (χ4n) is 1.08. The Balaban J connectivity index is 2.98. The van der Waals surface area contributed by atoms with Crippen molar-refractivity contribution in [2.45, 2.75) is 0 Å². The van der Waals surface area contributed by atoms with E-state index in [0.29, 0.717) is 5.57 Å². The second-order valence-corrected chi connectivity index (χ2v) is 3.03. The van der Waals surface area contributed by atoms with Crippen molar-refractivity contribution in [3.8, 4) is 0 Å². The molecule has 0 fully saturated rings. The molecule has 1 aromatic carbocycles. The van der Waals surface area contributed by atoms with Crippen LogP contribution >= 0.6 is 0 Å². The zero-order valence-corrected chi connectivity index (χ0v) is 7.90. The Morgan fingerprint density at radius 1 is 1.23 bits per heavy atom. The Morgan fingerprint density at radius 3 is 2.31 bits per heavy atom. The maximum Gasteiger partial charge on any atom is 0.152 e. The summed E-state index contributed by atoms with van der Waals surface area (Å²) in [4.78, 5) is 12.6. The first-order chi connectivity index (χ1) is 6.24. The number of carbonyl (C=O) groups is 1. The topological polar surface area (TPSA) is 20.3 Å². The second-order valence-electron chi connectivity index (χ2n) is 3.03. The van der Waals surface area contributed by atoms with E-state index >= 15 is 0 Å². The van der Waals surface area contributed by atoms with Gasteiger partial charge >= 0.3 is 0 Å². The highest BCUT2D eigenvalue weighted by molar-refractivity contribution is 6.06. The van der Waals surface area contributed by atoms with E-state index in [1.54, 1.807) is 0 Å². The number of aldehydes is 1. The molecule has 0 aliphatic rings. The lowest BCUT2D eigenvalue weighted by molar-refractivity contribution is -0.103. The third-order valence-electron chi connectivity index (χ3n) is 1.63. The molecule has 1 rings (SSSR count). The number of hydrogen-bond acceptors (Lipinski definition) is 2. The van der Waals surface area contributed by atoms with Crippen molar-refractivity contribution >= 4 is 11.9 Å². The van der Waals surface area contributed by atoms with Gasteiger partial charge in [0.05, 0.1) is 0 Å². The Kier molecular flexibility index (Phi) is 3.26. The van der Waals surface area contributed by atoms with Crippen LogP contribution < -0.4 is 0 Å². The summed E-state index contributed by atoms with van der Waals surface area (Å²) < 4.78 is 0. The van der Waals surface area contributed by atoms with Gasteiger partial charge in [0.25, 0.3) is 0 Å². The standard InChI is InChI=1S/C11H13NO/c1-12(2)8-11(9-13)10-6-4-3-5-7-10/h3-9H,1-2H3/b11-8-. The van der Waals surface area contributed by atoms with E-state index in [1.807, 2.05) is 55.5 Å². The molecule has 0 saturated carbocycles. The molecule has 0 heterocycles. The molecular formula is C11H13NO. The van der Waals surface area contributed by atoms with Crippen LogP contribution in [0.2, 0.25) is 0 Å². The Morgan fingerprint density at radius 2 is 1.85 bits per heavy atom. The lowest BCUT2D eigenvalue weighted by Crippen LogP contribution is -2.03. The molecule has 0 N–H and O–H groups in total. The average Bonchev–Trinajstić information content (AvgIpc) is 2.15. The van der Waals surface area contributed by atoms with E-state index in [4.69, 9.17) is 0 Å². The molecule has 0 aliphatic heterocycles. The van der Waals surface area contributed by atoms with Gasteiger partial charge in [-0.25, -0.2) is 0 Å². The summed E-state index contributed by atoms with van der Waals surface area (Å²) >= 11 is 0. The molecule has 0 unspecified atom stereocenters. The van der Waals surface area contributed by atoms with Crippen LogP contribution in [-0.4, -0.2) is 25.3 Å². The number of hydrogen-bond donors (Lipinski definition) is 0. The van der Waals surface area contributed by atoms with Crippen molar-refractivity contribution in [2.75, 3.05) is 14.1 Å². The molecule has 2 nitrogen and oxygen atoms in total. The molecule has 0 aromatic heterocycles. The summed E-state index contributed by atoms with van der Waals surface area (Å²) in [7, 11) is 3.79. The third-order valence-corrected chi connectivity index (χ3v) is 1.63. The van der Waals surface area contributed by atoms with Crippen molar-refractivity contribution in [3.05, 3.63) is 42.1 Å². The van der Waals surface area contributed by atoms with E-state index in [2.05, 4.69) is 0 Å². The number of allylic oxidation sites excluding steroid dienone is 1. The van der Waals surface area contributed by atoms with Gasteiger partial charge in [0.1, 0.15) is 0 Å². The Bertz CT molecular complexity index is 301. The van der Waals surface area contributed by atoms with Gasteiger partial charge in [0.2, 0.25) is 0 Å². The van der Waals surface area contributed by atoms with Crippen LogP contribution in [0.4, 0.5) is 0 Å². The number of benzene rings is 1. The summed E-state index contributed by atoms with van der Waals surface area (Å²) in [5.41, 5.74) is 1.65. The van der Waals surface area contributed by atoms with Gasteiger partial charge in [-0.3, -0.25) is 4.79 Å². The summed E-state index contributed by atoms with van der Waals surface area (Å²) in [5.74, 6) is 0. The zero-order chi connectivity index (χ0) is 9.68. The van der Waals surface area contributed by atoms with Crippen LogP contribution in [-0.2, 0) is 4.79 Å². The fourth-order valence-corrected chi connectivity index (χ4v) is 1.08. The van der Waals surface area contributed by atoms with E-state index in [0.717, 1.165) is 11.8 Å². The van der Waals surface area contributed by atoms with Crippen molar-refractivity contribution in [3.63, 3.8) is 0 Å². The number of carbonyl (C=O) groups excluding carboxylic acids is 1. The molecule has 1 aromatic rings. The molecule has 0 atom stereocenters. The van der Waals surface area contributed by atoms with Gasteiger partial charge < -0.3 is 4.90 Å². The highest BCUT2D eigenvalue weighted by Gasteiger charge is 1.98. The van der Waals surface area contributed by atoms with Gasteiger partial charge in [-0.05, 0) is 5.56 Å². The molecule has 0 radical (unpaired) electrons. The predicted molar refractivity (Wildman–Crippen MR) is 54.2 cm³/mol. The minimum Gasteiger partial charge on any atom is -0.383 e. The second kappa shape index (κ2) is 4.45. The molecular weight excluding hydrogens is 162 g/mol. The first-order valence-electron chi connectivity index (χ1n) is 4.13. The number of rotatable bonds is 3. The highest BCUT2D eigenvalue weighted by Crippen LogP contribution is 2.10. The molecule has 0 saturated heterocycles. The largest absolute Gasteiger partial charge is 0.383 e. The zero-order valence-electron chi connectivity index (χ0n) is 7.90. The molecule has 0 aliphatic carbocycles. The lowest BCUT2D eigenvalue weighted by Gasteiger charge is -2.06. The lowest BCUT2D eigenvalue weighted by atomic mass is 10.1. The van der Waals surface area contributed by atoms with Crippen molar-refractivity contribution in [2.24, 2.45) is 0 Å². The molecule has 2 heteroatoms. The van der Waals surface area contributed by atoms with Crippen molar-refractivity contribution in [1.29, 1.82) is 0 Å². The first-order valence-corrected chi connectivity index (χ1v) is 4.13. The SMILES string of the molecule is CN(C)/C=C(/C=O)c1ccccc1. The summed E-state index contributed by atoms with van der Waals surface area (Å²) in [6, 6.07) is 9.61. The summed E-state index contributed by atoms with van der Waals surface area (Å²) in [6.45, 7) is 0. The average molecular weight is 175 g/mol. The van der Waals surface area contributed by atoms with Gasteiger partial charge in [-0.2, -0.15) is 0 Å². The van der Waals surface area contributed by atoms with Gasteiger partial charge in [-0.1, -0.05) is 30.3 Å². The van der Waals surface area contributed by atoms with Crippen LogP contribution in [0.25, 0.3) is 5.57 Å². The van der Waals surface area contributed by atoms with E-state index in [-0.39, 0.29) is 0 Å². The van der Waals surface area contributed by atoms with Gasteiger partial charge in [0.15, 0.2) is 6.29 Å². The molecule has 0 bridgehead atoms.